The Labute approximate surface area is 123 Å². The fraction of sp³-hybridized carbons (Fsp3) is 0.769. The van der Waals surface area contributed by atoms with E-state index in [0.29, 0.717) is 12.2 Å². The molecule has 0 radical (unpaired) electrons. The van der Waals surface area contributed by atoms with Gasteiger partial charge in [-0.3, -0.25) is 0 Å². The number of sulfonamides is 1. The highest BCUT2D eigenvalue weighted by Crippen LogP contribution is 2.50. The number of aromatic nitrogens is 1. The Bertz CT molecular complexity index is 593. The number of nitrogens with zero attached hydrogens (tertiary/aromatic N) is 1. The Morgan fingerprint density at radius 1 is 1.48 bits per heavy atom. The highest BCUT2D eigenvalue weighted by atomic mass is 32.2. The van der Waals surface area contributed by atoms with Crippen LogP contribution in [0.15, 0.2) is 4.52 Å². The Hall–Kier alpha value is -1.02. The van der Waals surface area contributed by atoms with Crippen LogP contribution in [-0.4, -0.2) is 31.3 Å². The Balaban J connectivity index is 1.85. The van der Waals surface area contributed by atoms with Gasteiger partial charge in [-0.05, 0) is 33.6 Å². The second kappa shape index (κ2) is 5.64. The first kappa shape index (κ1) is 16.4. The van der Waals surface area contributed by atoms with E-state index in [2.05, 4.69) is 9.88 Å². The number of alkyl halides is 2. The van der Waals surface area contributed by atoms with Gasteiger partial charge in [0.1, 0.15) is 5.76 Å². The van der Waals surface area contributed by atoms with Gasteiger partial charge in [-0.1, -0.05) is 5.16 Å². The molecule has 1 aromatic heterocycles. The van der Waals surface area contributed by atoms with Crippen molar-refractivity contribution in [3.63, 3.8) is 0 Å². The van der Waals surface area contributed by atoms with Gasteiger partial charge < -0.3 is 4.52 Å². The number of hydrogen-bond donors (Lipinski definition) is 1. The molecule has 1 aliphatic rings. The van der Waals surface area contributed by atoms with Gasteiger partial charge in [0.15, 0.2) is 0 Å². The highest BCUT2D eigenvalue weighted by molar-refractivity contribution is 7.89. The van der Waals surface area contributed by atoms with Crippen molar-refractivity contribution < 1.29 is 21.7 Å². The molecule has 1 aromatic rings. The smallest absolute Gasteiger partial charge is 0.251 e. The molecule has 0 aliphatic heterocycles. The van der Waals surface area contributed by atoms with Gasteiger partial charge in [0.2, 0.25) is 10.0 Å². The van der Waals surface area contributed by atoms with Crippen molar-refractivity contribution in [3.05, 3.63) is 17.0 Å². The van der Waals surface area contributed by atoms with Crippen LogP contribution in [0.4, 0.5) is 8.78 Å². The minimum Gasteiger partial charge on any atom is -0.361 e. The first-order valence-electron chi connectivity index (χ1n) is 6.90. The predicted molar refractivity (Wildman–Crippen MR) is 73.7 cm³/mol. The molecule has 8 heteroatoms. The van der Waals surface area contributed by atoms with Crippen LogP contribution in [0.5, 0.6) is 0 Å². The third-order valence-corrected chi connectivity index (χ3v) is 5.30. The molecule has 120 valence electrons. The molecule has 21 heavy (non-hydrogen) atoms. The summed E-state index contributed by atoms with van der Waals surface area (Å²) in [6.07, 6.45) is 0.261. The molecule has 2 atom stereocenters. The van der Waals surface area contributed by atoms with Crippen molar-refractivity contribution in [1.29, 1.82) is 0 Å². The van der Waals surface area contributed by atoms with Crippen molar-refractivity contribution in [2.75, 3.05) is 5.75 Å². The van der Waals surface area contributed by atoms with Gasteiger partial charge in [0, 0.05) is 23.9 Å². The summed E-state index contributed by atoms with van der Waals surface area (Å²) in [6.45, 7) is 5.29. The van der Waals surface area contributed by atoms with Gasteiger partial charge >= 0.3 is 0 Å². The molecule has 1 heterocycles. The number of rotatable bonds is 7. The quantitative estimate of drug-likeness (QED) is 0.835. The molecular formula is C13H20F2N2O3S. The van der Waals surface area contributed by atoms with E-state index < -0.39 is 21.9 Å². The topological polar surface area (TPSA) is 72.2 Å². The molecular weight excluding hydrogens is 302 g/mol. The van der Waals surface area contributed by atoms with Crippen molar-refractivity contribution in [2.24, 2.45) is 5.92 Å². The highest BCUT2D eigenvalue weighted by Gasteiger charge is 2.56. The maximum absolute atomic E-state index is 12.7. The molecule has 0 aromatic carbocycles. The summed E-state index contributed by atoms with van der Waals surface area (Å²) in [5, 5.41) is 3.81. The first-order valence-corrected chi connectivity index (χ1v) is 8.55. The summed E-state index contributed by atoms with van der Waals surface area (Å²) in [7, 11) is -3.55. The van der Waals surface area contributed by atoms with Crippen LogP contribution in [0, 0.1) is 19.8 Å². The molecule has 2 unspecified atom stereocenters. The second-order valence-electron chi connectivity index (χ2n) is 5.80. The van der Waals surface area contributed by atoms with Crippen LogP contribution < -0.4 is 4.72 Å². The summed E-state index contributed by atoms with van der Waals surface area (Å²) in [4.78, 5) is 0. The monoisotopic (exact) mass is 322 g/mol. The van der Waals surface area contributed by atoms with Crippen molar-refractivity contribution in [2.45, 2.75) is 52.0 Å². The Kier molecular flexibility index (Phi) is 4.39. The third kappa shape index (κ3) is 4.23. The number of nitrogens with one attached hydrogen (secondary N) is 1. The Morgan fingerprint density at radius 3 is 2.57 bits per heavy atom. The summed E-state index contributed by atoms with van der Waals surface area (Å²) >= 11 is 0. The Morgan fingerprint density at radius 2 is 2.10 bits per heavy atom. The lowest BCUT2D eigenvalue weighted by molar-refractivity contribution is 0.0983. The predicted octanol–water partition coefficient (Wildman–Crippen LogP) is 2.19. The zero-order chi connectivity index (χ0) is 15.8. The summed E-state index contributed by atoms with van der Waals surface area (Å²) in [6, 6.07) is -0.341. The van der Waals surface area contributed by atoms with Crippen LogP contribution in [-0.2, 0) is 16.4 Å². The lowest BCUT2D eigenvalue weighted by Crippen LogP contribution is -2.36. The number of hydrogen-bond acceptors (Lipinski definition) is 4. The van der Waals surface area contributed by atoms with E-state index in [9.17, 15) is 17.2 Å². The van der Waals surface area contributed by atoms with E-state index >= 15 is 0 Å². The standard InChI is InChI=1S/C13H20F2N2O3S/c1-8(6-12-9(2)16-20-10(12)3)17-21(18,19)5-4-11-7-13(11,14)15/h8,11,17H,4-7H2,1-3H3. The molecule has 1 fully saturated rings. The molecule has 1 N–H and O–H groups in total. The van der Waals surface area contributed by atoms with E-state index in [1.807, 2.05) is 0 Å². The molecule has 1 saturated carbocycles. The van der Waals surface area contributed by atoms with Crippen molar-refractivity contribution in [3.8, 4) is 0 Å². The van der Waals surface area contributed by atoms with Gasteiger partial charge in [0.05, 0.1) is 11.4 Å². The van der Waals surface area contributed by atoms with Gasteiger partial charge in [-0.25, -0.2) is 21.9 Å². The molecule has 1 aliphatic carbocycles. The molecule has 0 bridgehead atoms. The molecule has 0 amide bonds. The van der Waals surface area contributed by atoms with Gasteiger partial charge in [-0.2, -0.15) is 0 Å². The third-order valence-electron chi connectivity index (χ3n) is 3.76. The second-order valence-corrected chi connectivity index (χ2v) is 7.67. The van der Waals surface area contributed by atoms with Crippen LogP contribution in [0.25, 0.3) is 0 Å². The normalized spacial score (nSPS) is 22.2. The van der Waals surface area contributed by atoms with Crippen LogP contribution in [0.1, 0.15) is 36.8 Å². The minimum absolute atomic E-state index is 0.000372. The first-order chi connectivity index (χ1) is 9.61. The maximum atomic E-state index is 12.7. The maximum Gasteiger partial charge on any atom is 0.251 e. The van der Waals surface area contributed by atoms with E-state index in [-0.39, 0.29) is 24.6 Å². The largest absolute Gasteiger partial charge is 0.361 e. The summed E-state index contributed by atoms with van der Waals surface area (Å²) < 4.78 is 56.8. The summed E-state index contributed by atoms with van der Waals surface area (Å²) in [5.74, 6) is -3.06. The van der Waals surface area contributed by atoms with E-state index in [0.717, 1.165) is 11.3 Å². The van der Waals surface area contributed by atoms with Crippen LogP contribution in [0.3, 0.4) is 0 Å². The SMILES string of the molecule is Cc1noc(C)c1CC(C)NS(=O)(=O)CCC1CC1(F)F. The number of aryl methyl sites for hydroxylation is 2. The van der Waals surface area contributed by atoms with Crippen molar-refractivity contribution in [1.82, 2.24) is 9.88 Å². The molecule has 0 spiro atoms. The van der Waals surface area contributed by atoms with Crippen molar-refractivity contribution >= 4 is 10.0 Å². The van der Waals surface area contributed by atoms with Gasteiger partial charge in [0.25, 0.3) is 5.92 Å². The molecule has 0 saturated heterocycles. The fourth-order valence-corrected chi connectivity index (χ4v) is 3.80. The molecule has 2 rings (SSSR count). The lowest BCUT2D eigenvalue weighted by Gasteiger charge is -2.14. The minimum atomic E-state index is -3.55. The van der Waals surface area contributed by atoms with E-state index in [1.54, 1.807) is 20.8 Å². The average Bonchev–Trinajstić information content (AvgIpc) is 2.86. The fourth-order valence-electron chi connectivity index (χ4n) is 2.39. The van der Waals surface area contributed by atoms with Crippen LogP contribution in [0.2, 0.25) is 0 Å². The number of halogens is 2. The zero-order valence-corrected chi connectivity index (χ0v) is 13.1. The zero-order valence-electron chi connectivity index (χ0n) is 12.3. The van der Waals surface area contributed by atoms with Gasteiger partial charge in [-0.15, -0.1) is 0 Å². The average molecular weight is 322 g/mol. The molecule has 5 nitrogen and oxygen atoms in total. The van der Waals surface area contributed by atoms with E-state index in [4.69, 9.17) is 4.52 Å². The lowest BCUT2D eigenvalue weighted by atomic mass is 10.1. The van der Waals surface area contributed by atoms with Crippen LogP contribution >= 0.6 is 0 Å². The summed E-state index contributed by atoms with van der Waals surface area (Å²) in [5.41, 5.74) is 1.61. The van der Waals surface area contributed by atoms with E-state index in [1.165, 1.54) is 0 Å².